The number of rotatable bonds is 1. The second-order valence-electron chi connectivity index (χ2n) is 9.13. The Morgan fingerprint density at radius 3 is 2.42 bits per heavy atom. The molecule has 2 aliphatic heterocycles. The second-order valence-corrected chi connectivity index (χ2v) is 9.13. The average Bonchev–Trinajstić information content (AvgIpc) is 3.40. The monoisotopic (exact) mass is 347 g/mol. The molecule has 1 aromatic carbocycles. The quantitative estimate of drug-likeness (QED) is 0.773. The van der Waals surface area contributed by atoms with E-state index in [1.165, 1.54) is 4.57 Å². The van der Waals surface area contributed by atoms with Crippen LogP contribution in [-0.2, 0) is 0 Å². The molecule has 0 unspecified atom stereocenters. The van der Waals surface area contributed by atoms with Crippen LogP contribution in [0.5, 0.6) is 0 Å². The van der Waals surface area contributed by atoms with Crippen molar-refractivity contribution < 1.29 is 5.11 Å². The summed E-state index contributed by atoms with van der Waals surface area (Å²) < 4.78 is 4.93. The Hall–Kier alpha value is -2.34. The first-order valence-electron chi connectivity index (χ1n) is 9.53. The van der Waals surface area contributed by atoms with Gasteiger partial charge in [-0.05, 0) is 42.2 Å². The van der Waals surface area contributed by atoms with Gasteiger partial charge in [0.2, 0.25) is 0 Å². The van der Waals surface area contributed by atoms with Gasteiger partial charge in [-0.3, -0.25) is 0 Å². The highest BCUT2D eigenvalue weighted by Crippen LogP contribution is 3.03. The topological polar surface area (TPSA) is 69.2 Å². The van der Waals surface area contributed by atoms with Gasteiger partial charge in [-0.1, -0.05) is 30.4 Å². The fraction of sp³-hybridized carbons (Fsp3) is 0.500. The van der Waals surface area contributed by atoms with E-state index in [-0.39, 0.29) is 34.3 Å². The van der Waals surface area contributed by atoms with Crippen molar-refractivity contribution in [1.29, 1.82) is 0 Å². The molecule has 9 rings (SSSR count). The minimum atomic E-state index is -0.421. The lowest BCUT2D eigenvalue weighted by Crippen LogP contribution is -2.53. The number of hydrogen-bond acceptors (Lipinski definition) is 3. The summed E-state index contributed by atoms with van der Waals surface area (Å²) in [5.74, 6) is 2.30. The van der Waals surface area contributed by atoms with E-state index in [2.05, 4.69) is 6.08 Å². The zero-order valence-corrected chi connectivity index (χ0v) is 13.9. The lowest BCUT2D eigenvalue weighted by molar-refractivity contribution is -0.00744. The van der Waals surface area contributed by atoms with Gasteiger partial charge in [-0.15, -0.1) is 0 Å². The third-order valence-corrected chi connectivity index (χ3v) is 8.81. The summed E-state index contributed by atoms with van der Waals surface area (Å²) in [4.78, 5) is 26.7. The van der Waals surface area contributed by atoms with Crippen LogP contribution >= 0.6 is 0 Å². The maximum absolute atomic E-state index is 13.3. The normalized spacial score (nSPS) is 52.0. The highest BCUT2D eigenvalue weighted by Gasteiger charge is 3.02. The molecular weight excluding hydrogens is 330 g/mol. The number of allylic oxidation sites excluding steroid dienone is 1. The van der Waals surface area contributed by atoms with Gasteiger partial charge >= 0.3 is 11.4 Å². The van der Waals surface area contributed by atoms with E-state index in [4.69, 9.17) is 0 Å². The molecule has 6 nitrogen and oxygen atoms in total. The molecule has 6 heteroatoms. The van der Waals surface area contributed by atoms with Gasteiger partial charge in [0.25, 0.3) is 0 Å². The predicted molar refractivity (Wildman–Crippen MR) is 91.0 cm³/mol. The smallest absolute Gasteiger partial charge is 0.352 e. The molecule has 2 aromatic rings. The highest BCUT2D eigenvalue weighted by atomic mass is 16.3. The van der Waals surface area contributed by atoms with Gasteiger partial charge in [-0.25, -0.2) is 23.5 Å². The largest absolute Gasteiger partial charge is 0.389 e. The van der Waals surface area contributed by atoms with E-state index in [9.17, 15) is 14.7 Å². The lowest BCUT2D eigenvalue weighted by atomic mass is 9.67. The molecular formula is C20H17N3O3. The maximum atomic E-state index is 13.3. The zero-order chi connectivity index (χ0) is 17.2. The summed E-state index contributed by atoms with van der Waals surface area (Å²) in [6.45, 7) is 0. The number of benzene rings is 1. The number of hydrogen-bond donors (Lipinski definition) is 1. The van der Waals surface area contributed by atoms with E-state index >= 15 is 0 Å². The Kier molecular flexibility index (Phi) is 1.65. The molecule has 0 amide bonds. The molecule has 26 heavy (non-hydrogen) atoms. The molecule has 0 saturated heterocycles. The lowest BCUT2D eigenvalue weighted by Gasteiger charge is -2.49. The number of aliphatic hydroxyl groups excluding tert-OH is 1. The molecule has 4 fully saturated rings. The molecule has 2 bridgehead atoms. The SMILES string of the molecule is O=c1n(-c2ccccc2)c(=O)n2n1[C@@H]1[C@H]3[C@@H]4[C@@H]3[C@H]3[C@@]15C=C[C@H](O)C[C@]35[C@@H]42. The van der Waals surface area contributed by atoms with Crippen molar-refractivity contribution >= 4 is 0 Å². The molecule has 5 aliphatic carbocycles. The molecule has 1 aromatic heterocycles. The van der Waals surface area contributed by atoms with Crippen molar-refractivity contribution in [3.8, 4) is 5.69 Å². The standard InChI is InChI=1S/C20H17N3O3/c24-10-6-7-19-14-11-12-13(11)16(20(14,19)8-10)23-18(26)21(9-4-2-1-3-5-9)17(25)22(23)15(12)19/h1-7,10-16,24H,8H2/t10-,11+,12+,13-,14-,15+,16+,19-,20+/m0/s1. The van der Waals surface area contributed by atoms with E-state index in [1.54, 1.807) is 9.36 Å². The van der Waals surface area contributed by atoms with Crippen LogP contribution in [0.2, 0.25) is 0 Å². The van der Waals surface area contributed by atoms with Crippen LogP contribution in [0.25, 0.3) is 5.69 Å². The van der Waals surface area contributed by atoms with Crippen molar-refractivity contribution in [1.82, 2.24) is 13.9 Å². The predicted octanol–water partition coefficient (Wildman–Crippen LogP) is 0.709. The molecule has 3 heterocycles. The Morgan fingerprint density at radius 1 is 0.962 bits per heavy atom. The summed E-state index contributed by atoms with van der Waals surface area (Å²) in [5.41, 5.74) is 0.254. The molecule has 130 valence electrons. The van der Waals surface area contributed by atoms with Crippen molar-refractivity contribution in [3.63, 3.8) is 0 Å². The first-order valence-corrected chi connectivity index (χ1v) is 9.53. The van der Waals surface area contributed by atoms with Gasteiger partial charge in [0.15, 0.2) is 0 Å². The number of aliphatic hydroxyl groups is 1. The minimum absolute atomic E-state index is 0.00898. The molecule has 1 N–H and O–H groups in total. The molecule has 2 spiro atoms. The van der Waals surface area contributed by atoms with Crippen LogP contribution < -0.4 is 11.4 Å². The van der Waals surface area contributed by atoms with Gasteiger partial charge in [0.1, 0.15) is 0 Å². The molecule has 9 atom stereocenters. The van der Waals surface area contributed by atoms with Gasteiger partial charge in [-0.2, -0.15) is 0 Å². The first-order chi connectivity index (χ1) is 12.6. The van der Waals surface area contributed by atoms with Gasteiger partial charge < -0.3 is 5.11 Å². The Morgan fingerprint density at radius 2 is 1.65 bits per heavy atom. The number of para-hydroxylation sites is 1. The van der Waals surface area contributed by atoms with Crippen LogP contribution in [0.3, 0.4) is 0 Å². The summed E-state index contributed by atoms with van der Waals surface area (Å²) >= 11 is 0. The number of nitrogens with zero attached hydrogens (tertiary/aromatic N) is 3. The van der Waals surface area contributed by atoms with E-state index < -0.39 is 6.10 Å². The Bertz CT molecular complexity index is 1190. The number of aromatic nitrogens is 3. The van der Waals surface area contributed by atoms with E-state index in [0.717, 1.165) is 6.42 Å². The van der Waals surface area contributed by atoms with E-state index in [1.807, 2.05) is 36.4 Å². The first kappa shape index (κ1) is 12.9. The average molecular weight is 347 g/mol. The van der Waals surface area contributed by atoms with Crippen molar-refractivity contribution in [2.45, 2.75) is 24.6 Å². The van der Waals surface area contributed by atoms with Crippen molar-refractivity contribution in [2.24, 2.45) is 34.5 Å². The third-order valence-electron chi connectivity index (χ3n) is 8.81. The van der Waals surface area contributed by atoms with E-state index in [0.29, 0.717) is 29.4 Å². The summed E-state index contributed by atoms with van der Waals surface area (Å²) in [6.07, 6.45) is 4.47. The zero-order valence-electron chi connectivity index (χ0n) is 13.9. The fourth-order valence-electron chi connectivity index (χ4n) is 8.52. The van der Waals surface area contributed by atoms with Crippen molar-refractivity contribution in [3.05, 3.63) is 63.5 Å². The fourth-order valence-corrected chi connectivity index (χ4v) is 8.52. The minimum Gasteiger partial charge on any atom is -0.389 e. The summed E-state index contributed by atoms with van der Waals surface area (Å²) in [7, 11) is 0. The second kappa shape index (κ2) is 3.31. The van der Waals surface area contributed by atoms with Crippen LogP contribution in [0.4, 0.5) is 0 Å². The third kappa shape index (κ3) is 0.895. The molecule has 7 aliphatic rings. The highest BCUT2D eigenvalue weighted by molar-refractivity contribution is 5.54. The van der Waals surface area contributed by atoms with Crippen LogP contribution in [-0.4, -0.2) is 25.1 Å². The van der Waals surface area contributed by atoms with Crippen molar-refractivity contribution in [2.75, 3.05) is 0 Å². The molecule has 0 radical (unpaired) electrons. The summed E-state index contributed by atoms with van der Waals surface area (Å²) in [6, 6.07) is 9.41. The maximum Gasteiger partial charge on any atom is 0.352 e. The van der Waals surface area contributed by atoms with Crippen LogP contribution in [0.1, 0.15) is 18.5 Å². The Labute approximate surface area is 148 Å². The summed E-state index contributed by atoms with van der Waals surface area (Å²) in [5, 5.41) is 10.3. The Balaban J connectivity index is 1.47. The molecule has 4 saturated carbocycles. The van der Waals surface area contributed by atoms with Gasteiger partial charge in [0, 0.05) is 10.8 Å². The van der Waals surface area contributed by atoms with Crippen LogP contribution in [0, 0.1) is 34.5 Å². The van der Waals surface area contributed by atoms with Crippen LogP contribution in [0.15, 0.2) is 52.1 Å². The van der Waals surface area contributed by atoms with Gasteiger partial charge in [0.05, 0.1) is 23.9 Å².